The number of carbonyl (C=O) groups excluding carboxylic acids is 2. The third-order valence-electron chi connectivity index (χ3n) is 4.11. The Morgan fingerprint density at radius 3 is 2.31 bits per heavy atom. The van der Waals surface area contributed by atoms with Crippen LogP contribution in [0, 0.1) is 0 Å². The van der Waals surface area contributed by atoms with E-state index in [-0.39, 0.29) is 17.5 Å². The molecule has 1 amide bonds. The number of hydrogen-bond donors (Lipinski definition) is 1. The highest BCUT2D eigenvalue weighted by atomic mass is 16.5. The predicted octanol–water partition coefficient (Wildman–Crippen LogP) is 2.88. The van der Waals surface area contributed by atoms with Gasteiger partial charge in [0, 0.05) is 11.6 Å². The fourth-order valence-electron chi connectivity index (χ4n) is 2.54. The third kappa shape index (κ3) is 4.14. The van der Waals surface area contributed by atoms with E-state index in [2.05, 4.69) is 5.32 Å². The molecule has 136 valence electrons. The molecule has 2 aromatic carbocycles. The lowest BCUT2D eigenvalue weighted by Crippen LogP contribution is -2.33. The lowest BCUT2D eigenvalue weighted by molar-refractivity contribution is -0.130. The first kappa shape index (κ1) is 17.8. The molecule has 0 radical (unpaired) electrons. The summed E-state index contributed by atoms with van der Waals surface area (Å²) in [6, 6.07) is 13.9. The number of carbonyl (C=O) groups is 2. The zero-order valence-electron chi connectivity index (χ0n) is 14.7. The van der Waals surface area contributed by atoms with Crippen molar-refractivity contribution >= 4 is 11.9 Å². The van der Waals surface area contributed by atoms with Crippen LogP contribution in [0.25, 0.3) is 0 Å². The van der Waals surface area contributed by atoms with E-state index in [4.69, 9.17) is 14.2 Å². The van der Waals surface area contributed by atoms with Crippen LogP contribution in [0.15, 0.2) is 48.5 Å². The Hall–Kier alpha value is -3.02. The van der Waals surface area contributed by atoms with Crippen LogP contribution in [0.2, 0.25) is 0 Å². The van der Waals surface area contributed by atoms with Crippen molar-refractivity contribution in [3.05, 3.63) is 59.7 Å². The van der Waals surface area contributed by atoms with Crippen LogP contribution in [0.4, 0.5) is 0 Å². The normalized spacial score (nSPS) is 14.2. The highest BCUT2D eigenvalue weighted by molar-refractivity contribution is 5.93. The van der Waals surface area contributed by atoms with Gasteiger partial charge in [0.1, 0.15) is 0 Å². The fourth-order valence-corrected chi connectivity index (χ4v) is 2.54. The molecule has 1 atom stereocenters. The summed E-state index contributed by atoms with van der Waals surface area (Å²) >= 11 is 0. The van der Waals surface area contributed by atoms with E-state index in [1.165, 1.54) is 20.3 Å². The first-order valence-corrected chi connectivity index (χ1v) is 8.40. The molecule has 1 aliphatic rings. The smallest absolute Gasteiger partial charge is 0.339 e. The summed E-state index contributed by atoms with van der Waals surface area (Å²) in [4.78, 5) is 25.2. The quantitative estimate of drug-likeness (QED) is 0.773. The van der Waals surface area contributed by atoms with Crippen LogP contribution < -0.4 is 14.8 Å². The molecule has 1 N–H and O–H groups in total. The van der Waals surface area contributed by atoms with Gasteiger partial charge in [-0.25, -0.2) is 4.79 Å². The van der Waals surface area contributed by atoms with Crippen LogP contribution in [-0.2, 0) is 9.53 Å². The maximum Gasteiger partial charge on any atom is 0.339 e. The van der Waals surface area contributed by atoms with Gasteiger partial charge < -0.3 is 19.5 Å². The molecule has 2 aromatic rings. The van der Waals surface area contributed by atoms with Crippen LogP contribution >= 0.6 is 0 Å². The maximum atomic E-state index is 12.6. The molecule has 1 aliphatic carbocycles. The van der Waals surface area contributed by atoms with Gasteiger partial charge >= 0.3 is 5.97 Å². The number of esters is 1. The van der Waals surface area contributed by atoms with Gasteiger partial charge in [-0.15, -0.1) is 0 Å². The highest BCUT2D eigenvalue weighted by Crippen LogP contribution is 2.29. The molecule has 0 aliphatic heterocycles. The average molecular weight is 355 g/mol. The van der Waals surface area contributed by atoms with Crippen LogP contribution in [-0.4, -0.2) is 32.1 Å². The lowest BCUT2D eigenvalue weighted by atomic mass is 10.1. The van der Waals surface area contributed by atoms with Crippen molar-refractivity contribution in [2.45, 2.75) is 25.0 Å². The number of benzene rings is 2. The van der Waals surface area contributed by atoms with Crippen molar-refractivity contribution in [3.8, 4) is 11.5 Å². The van der Waals surface area contributed by atoms with Gasteiger partial charge in [-0.05, 0) is 31.0 Å². The van der Waals surface area contributed by atoms with E-state index in [0.29, 0.717) is 17.1 Å². The summed E-state index contributed by atoms with van der Waals surface area (Å²) in [5, 5.41) is 2.89. The predicted molar refractivity (Wildman–Crippen MR) is 95.3 cm³/mol. The second kappa shape index (κ2) is 7.91. The van der Waals surface area contributed by atoms with Crippen molar-refractivity contribution in [2.75, 3.05) is 14.2 Å². The standard InChI is InChI=1S/C20H21NO5/c1-24-16-11-8-14(12-17(16)25-2)20(23)26-18(13-6-4-3-5-7-13)19(22)21-15-9-10-15/h3-8,11-12,15,18H,9-10H2,1-2H3,(H,21,22)/t18-/m1/s1. The van der Waals surface area contributed by atoms with E-state index in [1.54, 1.807) is 36.4 Å². The van der Waals surface area contributed by atoms with Crippen LogP contribution in [0.5, 0.6) is 11.5 Å². The zero-order valence-corrected chi connectivity index (χ0v) is 14.7. The van der Waals surface area contributed by atoms with Crippen molar-refractivity contribution < 1.29 is 23.8 Å². The van der Waals surface area contributed by atoms with Crippen molar-refractivity contribution in [2.24, 2.45) is 0 Å². The molecule has 0 aromatic heterocycles. The first-order chi connectivity index (χ1) is 12.6. The summed E-state index contributed by atoms with van der Waals surface area (Å²) in [5.74, 6) is 0.00839. The topological polar surface area (TPSA) is 73.9 Å². The lowest BCUT2D eigenvalue weighted by Gasteiger charge is -2.18. The Morgan fingerprint density at radius 2 is 1.69 bits per heavy atom. The van der Waals surface area contributed by atoms with Gasteiger partial charge in [-0.2, -0.15) is 0 Å². The van der Waals surface area contributed by atoms with Gasteiger partial charge in [-0.3, -0.25) is 4.79 Å². The summed E-state index contributed by atoms with van der Waals surface area (Å²) in [5.41, 5.74) is 0.905. The monoisotopic (exact) mass is 355 g/mol. The average Bonchev–Trinajstić information content (AvgIpc) is 3.49. The molecular weight excluding hydrogens is 334 g/mol. The Morgan fingerprint density at radius 1 is 1.00 bits per heavy atom. The minimum Gasteiger partial charge on any atom is -0.493 e. The molecule has 6 nitrogen and oxygen atoms in total. The molecule has 1 fully saturated rings. The largest absolute Gasteiger partial charge is 0.493 e. The molecule has 26 heavy (non-hydrogen) atoms. The van der Waals surface area contributed by atoms with E-state index in [1.807, 2.05) is 6.07 Å². The molecule has 0 saturated heterocycles. The molecule has 0 heterocycles. The Labute approximate surface area is 152 Å². The van der Waals surface area contributed by atoms with E-state index >= 15 is 0 Å². The number of nitrogens with one attached hydrogen (secondary N) is 1. The van der Waals surface area contributed by atoms with Gasteiger partial charge in [-0.1, -0.05) is 30.3 Å². The Balaban J connectivity index is 1.81. The van der Waals surface area contributed by atoms with Crippen molar-refractivity contribution in [1.29, 1.82) is 0 Å². The van der Waals surface area contributed by atoms with Gasteiger partial charge in [0.15, 0.2) is 11.5 Å². The molecule has 0 unspecified atom stereocenters. The number of methoxy groups -OCH3 is 2. The Bertz CT molecular complexity index is 786. The third-order valence-corrected chi connectivity index (χ3v) is 4.11. The summed E-state index contributed by atoms with van der Waals surface area (Å²) in [6.45, 7) is 0. The van der Waals surface area contributed by atoms with Gasteiger partial charge in [0.25, 0.3) is 5.91 Å². The second-order valence-electron chi connectivity index (χ2n) is 6.05. The van der Waals surface area contributed by atoms with E-state index < -0.39 is 12.1 Å². The van der Waals surface area contributed by atoms with Crippen molar-refractivity contribution in [1.82, 2.24) is 5.32 Å². The molecule has 1 saturated carbocycles. The fraction of sp³-hybridized carbons (Fsp3) is 0.300. The van der Waals surface area contributed by atoms with E-state index in [9.17, 15) is 9.59 Å². The number of hydrogen-bond acceptors (Lipinski definition) is 5. The summed E-state index contributed by atoms with van der Waals surface area (Å²) in [6.07, 6.45) is 0.908. The first-order valence-electron chi connectivity index (χ1n) is 8.40. The maximum absolute atomic E-state index is 12.6. The highest BCUT2D eigenvalue weighted by Gasteiger charge is 2.31. The summed E-state index contributed by atoms with van der Waals surface area (Å²) < 4.78 is 15.9. The molecule has 3 rings (SSSR count). The van der Waals surface area contributed by atoms with Crippen LogP contribution in [0.3, 0.4) is 0 Å². The number of ether oxygens (including phenoxy) is 3. The van der Waals surface area contributed by atoms with Gasteiger partial charge in [0.2, 0.25) is 6.10 Å². The molecule has 0 bridgehead atoms. The SMILES string of the molecule is COc1ccc(C(=O)O[C@@H](C(=O)NC2CC2)c2ccccc2)cc1OC. The second-order valence-corrected chi connectivity index (χ2v) is 6.05. The number of rotatable bonds is 7. The minimum absolute atomic E-state index is 0.175. The van der Waals surface area contributed by atoms with E-state index in [0.717, 1.165) is 12.8 Å². The molecular formula is C20H21NO5. The Kier molecular flexibility index (Phi) is 5.41. The zero-order chi connectivity index (χ0) is 18.5. The molecule has 0 spiro atoms. The minimum atomic E-state index is -1.00. The van der Waals surface area contributed by atoms with Gasteiger partial charge in [0.05, 0.1) is 19.8 Å². The van der Waals surface area contributed by atoms with Crippen LogP contribution in [0.1, 0.15) is 34.9 Å². The molecule has 6 heteroatoms. The van der Waals surface area contributed by atoms with Crippen molar-refractivity contribution in [3.63, 3.8) is 0 Å². The number of amides is 1. The summed E-state index contributed by atoms with van der Waals surface area (Å²) in [7, 11) is 3.01.